The van der Waals surface area contributed by atoms with Gasteiger partial charge in [-0.05, 0) is 22.3 Å². The zero-order valence-corrected chi connectivity index (χ0v) is 13.1. The molecule has 0 aromatic heterocycles. The van der Waals surface area contributed by atoms with Crippen LogP contribution in [0.5, 0.6) is 0 Å². The molecular weight excluding hydrogens is 333 g/mol. The number of hydrogen-bond donors (Lipinski definition) is 1. The van der Waals surface area contributed by atoms with E-state index in [0.717, 1.165) is 10.0 Å². The maximum absolute atomic E-state index is 11.4. The highest BCUT2D eigenvalue weighted by atomic mass is 79.9. The van der Waals surface area contributed by atoms with Crippen LogP contribution in [0, 0.1) is 0 Å². The van der Waals surface area contributed by atoms with Crippen molar-refractivity contribution in [3.05, 3.63) is 34.3 Å². The minimum atomic E-state index is -2.16. The smallest absolute Gasteiger partial charge is 0.273 e. The molecule has 1 atom stereocenters. The van der Waals surface area contributed by atoms with Gasteiger partial charge in [0, 0.05) is 17.8 Å². The Labute approximate surface area is 121 Å². The Balaban J connectivity index is 2.45. The second-order valence-corrected chi connectivity index (χ2v) is 6.02. The van der Waals surface area contributed by atoms with Gasteiger partial charge in [-0.3, -0.25) is 9.63 Å². The molecule has 1 aromatic rings. The van der Waals surface area contributed by atoms with Crippen LogP contribution in [0.2, 0.25) is 0 Å². The van der Waals surface area contributed by atoms with Crippen molar-refractivity contribution in [1.82, 2.24) is 5.06 Å². The lowest BCUT2D eigenvalue weighted by Crippen LogP contribution is -2.30. The lowest BCUT2D eigenvalue weighted by Gasteiger charge is -2.19. The van der Waals surface area contributed by atoms with Crippen LogP contribution >= 0.6 is 24.0 Å². The molecule has 0 aliphatic heterocycles. The highest BCUT2D eigenvalue weighted by Crippen LogP contribution is 2.15. The minimum Gasteiger partial charge on any atom is -0.273 e. The summed E-state index contributed by atoms with van der Waals surface area (Å²) in [6.45, 7) is 2.00. The number of halogens is 1. The summed E-state index contributed by atoms with van der Waals surface area (Å²) in [6, 6.07) is 7.60. The standard InChI is InChI=1S/C12H15BrNO4P/c1-10(15)14(6-3-7-19(16)17)18-9-11-4-2-5-12(13)8-11/h2,4-5,8H,3,6-7,9H2,1H3/p+1. The van der Waals surface area contributed by atoms with Crippen LogP contribution in [0.25, 0.3) is 0 Å². The molecule has 1 N–H and O–H groups in total. The van der Waals surface area contributed by atoms with Gasteiger partial charge in [-0.25, -0.2) is 5.06 Å². The normalized spacial score (nSPS) is 11.2. The average molecular weight is 349 g/mol. The summed E-state index contributed by atoms with van der Waals surface area (Å²) >= 11 is 3.36. The summed E-state index contributed by atoms with van der Waals surface area (Å²) in [4.78, 5) is 25.5. The second-order valence-electron chi connectivity index (χ2n) is 3.95. The van der Waals surface area contributed by atoms with E-state index in [4.69, 9.17) is 9.73 Å². The summed E-state index contributed by atoms with van der Waals surface area (Å²) < 4.78 is 11.5. The molecule has 19 heavy (non-hydrogen) atoms. The predicted molar refractivity (Wildman–Crippen MR) is 75.6 cm³/mol. The molecule has 0 bridgehead atoms. The van der Waals surface area contributed by atoms with E-state index in [-0.39, 0.29) is 18.7 Å². The number of amides is 1. The number of carbonyl (C=O) groups is 1. The third-order valence-electron chi connectivity index (χ3n) is 2.34. The van der Waals surface area contributed by atoms with E-state index in [2.05, 4.69) is 15.9 Å². The van der Waals surface area contributed by atoms with Crippen molar-refractivity contribution in [1.29, 1.82) is 0 Å². The fourth-order valence-electron chi connectivity index (χ4n) is 1.44. The van der Waals surface area contributed by atoms with Gasteiger partial charge in [0.1, 0.15) is 6.61 Å². The monoisotopic (exact) mass is 348 g/mol. The molecule has 0 saturated heterocycles. The summed E-state index contributed by atoms with van der Waals surface area (Å²) in [5, 5.41) is 1.22. The highest BCUT2D eigenvalue weighted by Gasteiger charge is 2.14. The van der Waals surface area contributed by atoms with E-state index in [1.165, 1.54) is 12.0 Å². The third-order valence-corrected chi connectivity index (χ3v) is 3.53. The summed E-state index contributed by atoms with van der Waals surface area (Å²) in [7, 11) is -2.16. The van der Waals surface area contributed by atoms with Gasteiger partial charge in [0.15, 0.2) is 6.16 Å². The molecule has 1 amide bonds. The van der Waals surface area contributed by atoms with Crippen molar-refractivity contribution in [2.45, 2.75) is 20.0 Å². The molecule has 0 radical (unpaired) electrons. The Kier molecular flexibility index (Phi) is 7.16. The predicted octanol–water partition coefficient (Wildman–Crippen LogP) is 2.85. The third kappa shape index (κ3) is 6.78. The molecule has 1 rings (SSSR count). The van der Waals surface area contributed by atoms with Gasteiger partial charge in [0.25, 0.3) is 0 Å². The maximum atomic E-state index is 11.4. The van der Waals surface area contributed by atoms with Crippen molar-refractivity contribution in [2.75, 3.05) is 12.7 Å². The molecule has 104 valence electrons. The lowest BCUT2D eigenvalue weighted by atomic mass is 10.2. The first-order valence-electron chi connectivity index (χ1n) is 5.78. The van der Waals surface area contributed by atoms with Crippen LogP contribution in [-0.2, 0) is 20.8 Å². The second kappa shape index (κ2) is 8.38. The van der Waals surface area contributed by atoms with Gasteiger partial charge < -0.3 is 0 Å². The average Bonchev–Trinajstić information content (AvgIpc) is 2.32. The van der Waals surface area contributed by atoms with Crippen LogP contribution < -0.4 is 0 Å². The zero-order valence-electron chi connectivity index (χ0n) is 10.6. The molecule has 0 fully saturated rings. The van der Waals surface area contributed by atoms with Crippen molar-refractivity contribution < 1.29 is 19.1 Å². The van der Waals surface area contributed by atoms with Gasteiger partial charge in [0.2, 0.25) is 5.91 Å². The number of hydrogen-bond acceptors (Lipinski definition) is 3. The van der Waals surface area contributed by atoms with Crippen molar-refractivity contribution in [3.63, 3.8) is 0 Å². The van der Waals surface area contributed by atoms with Gasteiger partial charge >= 0.3 is 8.03 Å². The van der Waals surface area contributed by atoms with Gasteiger partial charge in [0.05, 0.1) is 6.54 Å². The number of rotatable bonds is 7. The number of benzene rings is 1. The number of carbonyl (C=O) groups excluding carboxylic acids is 1. The molecule has 1 unspecified atom stereocenters. The molecule has 0 aliphatic carbocycles. The van der Waals surface area contributed by atoms with Crippen LogP contribution in [0.15, 0.2) is 28.7 Å². The summed E-state index contributed by atoms with van der Waals surface area (Å²) in [5.41, 5.74) is 0.939. The van der Waals surface area contributed by atoms with E-state index >= 15 is 0 Å². The maximum Gasteiger partial charge on any atom is 0.505 e. The van der Waals surface area contributed by atoms with Crippen LogP contribution in [0.1, 0.15) is 18.9 Å². The Morgan fingerprint density at radius 3 is 2.84 bits per heavy atom. The SMILES string of the molecule is CC(=O)N(CCC[P+](=O)O)OCc1cccc(Br)c1. The largest absolute Gasteiger partial charge is 0.505 e. The Hall–Kier alpha value is -0.810. The summed E-state index contributed by atoms with van der Waals surface area (Å²) in [6.07, 6.45) is 0.600. The zero-order chi connectivity index (χ0) is 14.3. The summed E-state index contributed by atoms with van der Waals surface area (Å²) in [5.74, 6) is -0.219. The van der Waals surface area contributed by atoms with Crippen molar-refractivity contribution >= 4 is 29.9 Å². The molecule has 0 heterocycles. The van der Waals surface area contributed by atoms with E-state index in [9.17, 15) is 9.36 Å². The number of hydroxylamine groups is 2. The first-order valence-corrected chi connectivity index (χ1v) is 7.97. The van der Waals surface area contributed by atoms with E-state index in [1.54, 1.807) is 0 Å². The van der Waals surface area contributed by atoms with Crippen LogP contribution in [-0.4, -0.2) is 28.6 Å². The molecule has 0 saturated carbocycles. The molecule has 7 heteroatoms. The Bertz CT molecular complexity index is 455. The van der Waals surface area contributed by atoms with E-state index < -0.39 is 8.03 Å². The van der Waals surface area contributed by atoms with Crippen molar-refractivity contribution in [3.8, 4) is 0 Å². The van der Waals surface area contributed by atoms with Gasteiger partial charge in [-0.2, -0.15) is 4.89 Å². The van der Waals surface area contributed by atoms with Gasteiger partial charge in [-0.1, -0.05) is 28.1 Å². The molecule has 0 aliphatic rings. The van der Waals surface area contributed by atoms with Crippen LogP contribution in [0.3, 0.4) is 0 Å². The Morgan fingerprint density at radius 1 is 1.53 bits per heavy atom. The van der Waals surface area contributed by atoms with E-state index in [1.807, 2.05) is 24.3 Å². The molecule has 5 nitrogen and oxygen atoms in total. The molecule has 1 aromatic carbocycles. The highest BCUT2D eigenvalue weighted by molar-refractivity contribution is 9.10. The quantitative estimate of drug-likeness (QED) is 0.607. The first-order chi connectivity index (χ1) is 8.99. The fourth-order valence-corrected chi connectivity index (χ4v) is 2.30. The Morgan fingerprint density at radius 2 is 2.26 bits per heavy atom. The van der Waals surface area contributed by atoms with E-state index in [0.29, 0.717) is 13.0 Å². The lowest BCUT2D eigenvalue weighted by molar-refractivity contribution is -0.189. The fraction of sp³-hybridized carbons (Fsp3) is 0.417. The van der Waals surface area contributed by atoms with Crippen LogP contribution in [0.4, 0.5) is 0 Å². The van der Waals surface area contributed by atoms with Gasteiger partial charge in [-0.15, -0.1) is 0 Å². The molecule has 0 spiro atoms. The topological polar surface area (TPSA) is 66.8 Å². The minimum absolute atomic E-state index is 0.166. The molecular formula is C12H16BrNO4P+. The number of nitrogens with zero attached hydrogens (tertiary/aromatic N) is 1. The first kappa shape index (κ1) is 16.2. The van der Waals surface area contributed by atoms with Crippen molar-refractivity contribution in [2.24, 2.45) is 0 Å².